The molecular weight excluding hydrogens is 430 g/mol. The minimum Gasteiger partial charge on any atom is -0.465 e. The molecule has 5 rings (SSSR count). The van der Waals surface area contributed by atoms with E-state index in [1.807, 2.05) is 12.1 Å². The number of esters is 1. The van der Waals surface area contributed by atoms with Crippen LogP contribution in [0.1, 0.15) is 63.5 Å². The molecule has 0 amide bonds. The quantitative estimate of drug-likeness (QED) is 0.314. The van der Waals surface area contributed by atoms with Crippen LogP contribution in [0.5, 0.6) is 0 Å². The monoisotopic (exact) mass is 463 g/mol. The SMILES string of the molecule is COC(=O)c1ccc(C)c(C2CC(CN[C@H](C)c3cccc4ccccc34)Cc3ccccc32)c1. The third-order valence-corrected chi connectivity index (χ3v) is 7.59. The molecule has 4 aromatic carbocycles. The van der Waals surface area contributed by atoms with Gasteiger partial charge < -0.3 is 10.1 Å². The third-order valence-electron chi connectivity index (χ3n) is 7.59. The maximum absolute atomic E-state index is 12.2. The molecule has 0 fully saturated rings. The molecule has 1 aliphatic carbocycles. The number of carbonyl (C=O) groups is 1. The van der Waals surface area contributed by atoms with Crippen molar-refractivity contribution < 1.29 is 9.53 Å². The molecule has 0 bridgehead atoms. The van der Waals surface area contributed by atoms with Crippen LogP contribution >= 0.6 is 0 Å². The molecule has 2 unspecified atom stereocenters. The molecule has 178 valence electrons. The Labute approximate surface area is 208 Å². The molecule has 0 spiro atoms. The molecule has 0 aromatic heterocycles. The third kappa shape index (κ3) is 4.74. The van der Waals surface area contributed by atoms with E-state index in [1.165, 1.54) is 45.7 Å². The van der Waals surface area contributed by atoms with Crippen molar-refractivity contribution in [1.29, 1.82) is 0 Å². The first-order chi connectivity index (χ1) is 17.0. The lowest BCUT2D eigenvalue weighted by Gasteiger charge is -2.34. The van der Waals surface area contributed by atoms with Gasteiger partial charge in [0.1, 0.15) is 0 Å². The predicted molar refractivity (Wildman–Crippen MR) is 143 cm³/mol. The summed E-state index contributed by atoms with van der Waals surface area (Å²) in [6.07, 6.45) is 2.12. The number of rotatable bonds is 6. The molecule has 1 N–H and O–H groups in total. The van der Waals surface area contributed by atoms with E-state index in [0.29, 0.717) is 11.5 Å². The highest BCUT2D eigenvalue weighted by Crippen LogP contribution is 2.41. The Balaban J connectivity index is 1.40. The molecule has 0 saturated heterocycles. The van der Waals surface area contributed by atoms with Gasteiger partial charge >= 0.3 is 5.97 Å². The van der Waals surface area contributed by atoms with Crippen LogP contribution in [0, 0.1) is 12.8 Å². The van der Waals surface area contributed by atoms with E-state index in [1.54, 1.807) is 0 Å². The van der Waals surface area contributed by atoms with Gasteiger partial charge in [-0.1, -0.05) is 72.8 Å². The highest BCUT2D eigenvalue weighted by atomic mass is 16.5. The molecule has 0 aliphatic heterocycles. The topological polar surface area (TPSA) is 38.3 Å². The zero-order valence-electron chi connectivity index (χ0n) is 20.8. The maximum Gasteiger partial charge on any atom is 0.337 e. The first-order valence-electron chi connectivity index (χ1n) is 12.5. The highest BCUT2D eigenvalue weighted by Gasteiger charge is 2.29. The van der Waals surface area contributed by atoms with E-state index >= 15 is 0 Å². The summed E-state index contributed by atoms with van der Waals surface area (Å²) in [7, 11) is 1.44. The van der Waals surface area contributed by atoms with Gasteiger partial charge in [-0.15, -0.1) is 0 Å². The van der Waals surface area contributed by atoms with E-state index in [9.17, 15) is 4.79 Å². The van der Waals surface area contributed by atoms with Crippen molar-refractivity contribution in [1.82, 2.24) is 5.32 Å². The Kier molecular flexibility index (Phi) is 6.70. The molecular formula is C32H33NO2. The zero-order chi connectivity index (χ0) is 24.4. The fourth-order valence-electron chi connectivity index (χ4n) is 5.71. The summed E-state index contributed by atoms with van der Waals surface area (Å²) in [6, 6.07) is 30.2. The molecule has 35 heavy (non-hydrogen) atoms. The summed E-state index contributed by atoms with van der Waals surface area (Å²) in [5.74, 6) is 0.496. The number of aryl methyl sites for hydroxylation is 1. The van der Waals surface area contributed by atoms with Crippen molar-refractivity contribution in [3.63, 3.8) is 0 Å². The van der Waals surface area contributed by atoms with Gasteiger partial charge in [0, 0.05) is 12.0 Å². The largest absolute Gasteiger partial charge is 0.465 e. The average Bonchev–Trinajstić information content (AvgIpc) is 2.90. The van der Waals surface area contributed by atoms with Gasteiger partial charge in [-0.3, -0.25) is 0 Å². The molecule has 4 aromatic rings. The van der Waals surface area contributed by atoms with Crippen molar-refractivity contribution in [3.8, 4) is 0 Å². The van der Waals surface area contributed by atoms with Crippen LogP contribution in [0.4, 0.5) is 0 Å². The van der Waals surface area contributed by atoms with Crippen molar-refractivity contribution >= 4 is 16.7 Å². The summed E-state index contributed by atoms with van der Waals surface area (Å²) in [5, 5.41) is 6.44. The standard InChI is InChI=1S/C32H33NO2/c1-21-15-16-26(32(34)35-3)19-30(21)31-18-23(17-25-10-5-7-13-29(25)31)20-33-22(2)27-14-8-11-24-9-4-6-12-28(24)27/h4-16,19,22-23,31,33H,17-18,20H2,1-3H3/t22-,23?,31?/m1/s1. The van der Waals surface area contributed by atoms with E-state index in [4.69, 9.17) is 4.74 Å². The van der Waals surface area contributed by atoms with Crippen LogP contribution < -0.4 is 5.32 Å². The summed E-state index contributed by atoms with van der Waals surface area (Å²) in [4.78, 5) is 12.2. The lowest BCUT2D eigenvalue weighted by Crippen LogP contribution is -2.31. The van der Waals surface area contributed by atoms with Gasteiger partial charge in [-0.05, 0) is 89.9 Å². The molecule has 0 saturated carbocycles. The summed E-state index contributed by atoms with van der Waals surface area (Å²) in [6.45, 7) is 5.36. The minimum atomic E-state index is -0.280. The number of methoxy groups -OCH3 is 1. The predicted octanol–water partition coefficient (Wildman–Crippen LogP) is 6.98. The number of hydrogen-bond donors (Lipinski definition) is 1. The Morgan fingerprint density at radius 1 is 0.971 bits per heavy atom. The fourth-order valence-corrected chi connectivity index (χ4v) is 5.71. The van der Waals surface area contributed by atoms with Crippen molar-refractivity contribution in [2.45, 2.75) is 38.6 Å². The second-order valence-corrected chi connectivity index (χ2v) is 9.82. The number of nitrogens with one attached hydrogen (secondary N) is 1. The van der Waals surface area contributed by atoms with Gasteiger partial charge in [-0.2, -0.15) is 0 Å². The Morgan fingerprint density at radius 3 is 2.60 bits per heavy atom. The van der Waals surface area contributed by atoms with Gasteiger partial charge in [-0.25, -0.2) is 4.79 Å². The van der Waals surface area contributed by atoms with Gasteiger partial charge in [0.25, 0.3) is 0 Å². The number of fused-ring (bicyclic) bond motifs is 2. The molecule has 1 aliphatic rings. The van der Waals surface area contributed by atoms with Crippen molar-refractivity contribution in [3.05, 3.63) is 118 Å². The Morgan fingerprint density at radius 2 is 1.74 bits per heavy atom. The van der Waals surface area contributed by atoms with Gasteiger partial charge in [0.15, 0.2) is 0 Å². The smallest absolute Gasteiger partial charge is 0.337 e. The Hall–Kier alpha value is -3.43. The number of ether oxygens (including phenoxy) is 1. The van der Waals surface area contributed by atoms with Crippen LogP contribution in [0.15, 0.2) is 84.9 Å². The van der Waals surface area contributed by atoms with E-state index in [2.05, 4.69) is 92.0 Å². The number of benzene rings is 4. The Bertz CT molecular complexity index is 1350. The van der Waals surface area contributed by atoms with Gasteiger partial charge in [0.05, 0.1) is 12.7 Å². The minimum absolute atomic E-state index is 0.265. The van der Waals surface area contributed by atoms with Crippen molar-refractivity contribution in [2.24, 2.45) is 5.92 Å². The number of hydrogen-bond acceptors (Lipinski definition) is 3. The summed E-state index contributed by atoms with van der Waals surface area (Å²) < 4.78 is 5.00. The first-order valence-corrected chi connectivity index (χ1v) is 12.5. The van der Waals surface area contributed by atoms with Crippen LogP contribution in [-0.2, 0) is 11.2 Å². The zero-order valence-corrected chi connectivity index (χ0v) is 20.8. The molecule has 0 heterocycles. The fraction of sp³-hybridized carbons (Fsp3) is 0.281. The summed E-state index contributed by atoms with van der Waals surface area (Å²) >= 11 is 0. The van der Waals surface area contributed by atoms with Crippen LogP contribution in [0.3, 0.4) is 0 Å². The molecule has 3 nitrogen and oxygen atoms in total. The average molecular weight is 464 g/mol. The number of carbonyl (C=O) groups excluding carboxylic acids is 1. The van der Waals surface area contributed by atoms with E-state index < -0.39 is 0 Å². The maximum atomic E-state index is 12.2. The lowest BCUT2D eigenvalue weighted by atomic mass is 9.72. The second-order valence-electron chi connectivity index (χ2n) is 9.82. The second kappa shape index (κ2) is 10.1. The van der Waals surface area contributed by atoms with Crippen LogP contribution in [0.2, 0.25) is 0 Å². The van der Waals surface area contributed by atoms with Crippen LogP contribution in [0.25, 0.3) is 10.8 Å². The molecule has 3 heteroatoms. The van der Waals surface area contributed by atoms with Crippen LogP contribution in [-0.4, -0.2) is 19.6 Å². The van der Waals surface area contributed by atoms with E-state index in [-0.39, 0.29) is 17.9 Å². The first kappa shape index (κ1) is 23.3. The van der Waals surface area contributed by atoms with Gasteiger partial charge in [0.2, 0.25) is 0 Å². The molecule has 0 radical (unpaired) electrons. The molecule has 3 atom stereocenters. The normalized spacial score (nSPS) is 18.1. The lowest BCUT2D eigenvalue weighted by molar-refractivity contribution is 0.0600. The van der Waals surface area contributed by atoms with E-state index in [0.717, 1.165) is 19.4 Å². The summed E-state index contributed by atoms with van der Waals surface area (Å²) in [5.41, 5.74) is 7.21. The highest BCUT2D eigenvalue weighted by molar-refractivity contribution is 5.89. The van der Waals surface area contributed by atoms with Crippen molar-refractivity contribution in [2.75, 3.05) is 13.7 Å².